The summed E-state index contributed by atoms with van der Waals surface area (Å²) in [5.74, 6) is 1.01. The summed E-state index contributed by atoms with van der Waals surface area (Å²) in [4.78, 5) is 24.7. The number of primary amides is 1. The summed E-state index contributed by atoms with van der Waals surface area (Å²) in [6.07, 6.45) is 0. The van der Waals surface area contributed by atoms with E-state index < -0.39 is 5.91 Å². The lowest BCUT2D eigenvalue weighted by molar-refractivity contribution is -0.118. The van der Waals surface area contributed by atoms with Crippen LogP contribution in [-0.2, 0) is 4.79 Å². The Hall–Kier alpha value is -3.32. The number of hydrogen-bond donors (Lipinski definition) is 2. The van der Waals surface area contributed by atoms with Gasteiger partial charge in [-0.25, -0.2) is 0 Å². The fraction of sp³-hybridized carbons (Fsp3) is 0.143. The minimum Gasteiger partial charge on any atom is -0.484 e. The Labute approximate surface area is 166 Å². The number of benzene rings is 2. The summed E-state index contributed by atoms with van der Waals surface area (Å²) in [6.45, 7) is 3.49. The van der Waals surface area contributed by atoms with Crippen LogP contribution >= 0.6 is 11.3 Å². The molecule has 0 fully saturated rings. The molecule has 0 saturated carbocycles. The second kappa shape index (κ2) is 8.58. The first-order chi connectivity index (χ1) is 13.4. The molecule has 0 unspecified atom stereocenters. The molecule has 0 aliphatic heterocycles. The number of nitrogens with one attached hydrogen (secondary N) is 1. The minimum absolute atomic E-state index is 0.187. The van der Waals surface area contributed by atoms with Crippen LogP contribution in [0, 0.1) is 13.8 Å². The van der Waals surface area contributed by atoms with Crippen LogP contribution in [0.4, 0.5) is 5.00 Å². The lowest BCUT2D eigenvalue weighted by atomic mass is 10.1. The van der Waals surface area contributed by atoms with E-state index in [9.17, 15) is 9.59 Å². The number of thiophene rings is 1. The third-order valence-corrected chi connectivity index (χ3v) is 5.18. The fourth-order valence-corrected chi connectivity index (χ4v) is 3.63. The van der Waals surface area contributed by atoms with Crippen molar-refractivity contribution in [3.05, 3.63) is 70.6 Å². The number of aryl methyl sites for hydroxylation is 1. The van der Waals surface area contributed by atoms with Crippen LogP contribution in [0.25, 0.3) is 0 Å². The van der Waals surface area contributed by atoms with E-state index >= 15 is 0 Å². The number of rotatable bonds is 7. The Bertz CT molecular complexity index is 982. The predicted molar refractivity (Wildman–Crippen MR) is 109 cm³/mol. The van der Waals surface area contributed by atoms with Gasteiger partial charge in [0.2, 0.25) is 0 Å². The predicted octanol–water partition coefficient (Wildman–Crippen LogP) is 4.27. The number of anilines is 1. The Morgan fingerprint density at radius 2 is 1.57 bits per heavy atom. The normalized spacial score (nSPS) is 10.4. The summed E-state index contributed by atoms with van der Waals surface area (Å²) < 4.78 is 11.2. The molecule has 0 aliphatic carbocycles. The van der Waals surface area contributed by atoms with E-state index in [1.165, 1.54) is 11.3 Å². The first-order valence-corrected chi connectivity index (χ1v) is 9.41. The molecule has 2 aromatic carbocycles. The van der Waals surface area contributed by atoms with Crippen molar-refractivity contribution in [1.82, 2.24) is 0 Å². The van der Waals surface area contributed by atoms with Crippen LogP contribution in [0.5, 0.6) is 17.2 Å². The maximum absolute atomic E-state index is 12.2. The topological polar surface area (TPSA) is 90.7 Å². The molecule has 1 heterocycles. The molecule has 3 N–H and O–H groups in total. The summed E-state index contributed by atoms with van der Waals surface area (Å²) in [6, 6.07) is 16.4. The van der Waals surface area contributed by atoms with E-state index in [0.29, 0.717) is 22.1 Å². The van der Waals surface area contributed by atoms with E-state index in [-0.39, 0.29) is 12.5 Å². The molecule has 0 spiro atoms. The number of ether oxygens (including phenoxy) is 2. The highest BCUT2D eigenvalue weighted by atomic mass is 32.1. The van der Waals surface area contributed by atoms with Crippen LogP contribution in [0.2, 0.25) is 0 Å². The molecule has 1 aromatic heterocycles. The van der Waals surface area contributed by atoms with Crippen LogP contribution < -0.4 is 20.5 Å². The molecule has 7 heteroatoms. The van der Waals surface area contributed by atoms with Crippen LogP contribution in [0.3, 0.4) is 0 Å². The van der Waals surface area contributed by atoms with Crippen LogP contribution in [0.15, 0.2) is 54.6 Å². The quantitative estimate of drug-likeness (QED) is 0.624. The highest BCUT2D eigenvalue weighted by Gasteiger charge is 2.19. The maximum Gasteiger partial charge on any atom is 0.262 e. The fourth-order valence-electron chi connectivity index (χ4n) is 2.55. The average molecular weight is 396 g/mol. The molecule has 28 heavy (non-hydrogen) atoms. The van der Waals surface area contributed by atoms with Crippen molar-refractivity contribution < 1.29 is 19.1 Å². The van der Waals surface area contributed by atoms with Crippen molar-refractivity contribution in [2.24, 2.45) is 5.73 Å². The van der Waals surface area contributed by atoms with E-state index in [4.69, 9.17) is 15.2 Å². The van der Waals surface area contributed by atoms with Crippen LogP contribution in [0.1, 0.15) is 20.8 Å². The molecule has 3 aromatic rings. The van der Waals surface area contributed by atoms with Gasteiger partial charge in [0, 0.05) is 4.88 Å². The zero-order valence-electron chi connectivity index (χ0n) is 15.5. The van der Waals surface area contributed by atoms with Crippen molar-refractivity contribution in [1.29, 1.82) is 0 Å². The van der Waals surface area contributed by atoms with Gasteiger partial charge in [-0.15, -0.1) is 11.3 Å². The number of hydrogen-bond acceptors (Lipinski definition) is 5. The van der Waals surface area contributed by atoms with Crippen molar-refractivity contribution >= 4 is 28.2 Å². The molecular formula is C21H20N2O4S. The van der Waals surface area contributed by atoms with Gasteiger partial charge in [-0.05, 0) is 55.8 Å². The highest BCUT2D eigenvalue weighted by molar-refractivity contribution is 7.16. The number of nitrogens with two attached hydrogens (primary N) is 1. The third kappa shape index (κ3) is 4.69. The monoisotopic (exact) mass is 396 g/mol. The Kier molecular flexibility index (Phi) is 5.96. The Morgan fingerprint density at radius 1 is 0.964 bits per heavy atom. The number of carbonyl (C=O) groups excluding carboxylic acids is 2. The van der Waals surface area contributed by atoms with Gasteiger partial charge in [0.25, 0.3) is 11.8 Å². The van der Waals surface area contributed by atoms with Gasteiger partial charge in [-0.1, -0.05) is 18.2 Å². The molecule has 0 aliphatic rings. The third-order valence-electron chi connectivity index (χ3n) is 4.06. The van der Waals surface area contributed by atoms with Crippen molar-refractivity contribution in [2.45, 2.75) is 13.8 Å². The minimum atomic E-state index is -0.563. The number of para-hydroxylation sites is 1. The molecule has 2 amide bonds. The average Bonchev–Trinajstić information content (AvgIpc) is 2.95. The Balaban J connectivity index is 1.56. The molecule has 0 bridgehead atoms. The van der Waals surface area contributed by atoms with Gasteiger partial charge in [0.15, 0.2) is 6.61 Å². The van der Waals surface area contributed by atoms with Gasteiger partial charge in [0.05, 0.1) is 5.56 Å². The van der Waals surface area contributed by atoms with Crippen molar-refractivity contribution in [2.75, 3.05) is 11.9 Å². The zero-order valence-corrected chi connectivity index (χ0v) is 16.3. The highest BCUT2D eigenvalue weighted by Crippen LogP contribution is 2.32. The SMILES string of the molecule is Cc1sc(NC(=O)COc2ccc(Oc3ccccc3)cc2)c(C(N)=O)c1C. The van der Waals surface area contributed by atoms with Crippen molar-refractivity contribution in [3.63, 3.8) is 0 Å². The van der Waals surface area contributed by atoms with E-state index in [1.54, 1.807) is 31.2 Å². The van der Waals surface area contributed by atoms with E-state index in [2.05, 4.69) is 5.32 Å². The van der Waals surface area contributed by atoms with Gasteiger partial charge >= 0.3 is 0 Å². The molecule has 0 radical (unpaired) electrons. The number of carbonyl (C=O) groups is 2. The largest absolute Gasteiger partial charge is 0.484 e. The smallest absolute Gasteiger partial charge is 0.262 e. The molecule has 144 valence electrons. The summed E-state index contributed by atoms with van der Waals surface area (Å²) in [7, 11) is 0. The molecular weight excluding hydrogens is 376 g/mol. The van der Waals surface area contributed by atoms with Gasteiger partial charge in [-0.2, -0.15) is 0 Å². The second-order valence-electron chi connectivity index (χ2n) is 6.07. The molecule has 0 atom stereocenters. The summed E-state index contributed by atoms with van der Waals surface area (Å²) in [5.41, 5.74) is 6.54. The molecule has 0 saturated heterocycles. The lowest BCUT2D eigenvalue weighted by Crippen LogP contribution is -2.22. The van der Waals surface area contributed by atoms with E-state index in [1.807, 2.05) is 37.3 Å². The van der Waals surface area contributed by atoms with Gasteiger partial charge < -0.3 is 20.5 Å². The van der Waals surface area contributed by atoms with Crippen LogP contribution in [-0.4, -0.2) is 18.4 Å². The summed E-state index contributed by atoms with van der Waals surface area (Å²) >= 11 is 1.32. The Morgan fingerprint density at radius 3 is 2.21 bits per heavy atom. The van der Waals surface area contributed by atoms with Gasteiger partial charge in [-0.3, -0.25) is 9.59 Å². The lowest BCUT2D eigenvalue weighted by Gasteiger charge is -2.09. The maximum atomic E-state index is 12.2. The first kappa shape index (κ1) is 19.4. The van der Waals surface area contributed by atoms with Gasteiger partial charge in [0.1, 0.15) is 22.2 Å². The van der Waals surface area contributed by atoms with E-state index in [0.717, 1.165) is 16.2 Å². The second-order valence-corrected chi connectivity index (χ2v) is 7.30. The molecule has 6 nitrogen and oxygen atoms in total. The standard InChI is InChI=1S/C21H20N2O4S/c1-13-14(2)28-21(19(13)20(22)25)23-18(24)12-26-15-8-10-17(11-9-15)27-16-6-4-3-5-7-16/h3-11H,12H2,1-2H3,(H2,22,25)(H,23,24). The first-order valence-electron chi connectivity index (χ1n) is 8.59. The summed E-state index contributed by atoms with van der Waals surface area (Å²) in [5, 5.41) is 3.14. The van der Waals surface area contributed by atoms with Crippen molar-refractivity contribution in [3.8, 4) is 17.2 Å². The number of amides is 2. The molecule has 3 rings (SSSR count). The zero-order chi connectivity index (χ0) is 20.1.